The first kappa shape index (κ1) is 14.4. The van der Waals surface area contributed by atoms with Crippen molar-refractivity contribution in [3.8, 4) is 0 Å². The SMILES string of the molecule is CCNC(c1cncc(F)c1)C1CCCCC1(C)C. The minimum absolute atomic E-state index is 0.212. The summed E-state index contributed by atoms with van der Waals surface area (Å²) < 4.78 is 13.4. The van der Waals surface area contributed by atoms with E-state index in [1.807, 2.05) is 0 Å². The lowest BCUT2D eigenvalue weighted by Crippen LogP contribution is -2.39. The average molecular weight is 264 g/mol. The monoisotopic (exact) mass is 264 g/mol. The Kier molecular flexibility index (Phi) is 4.56. The number of hydrogen-bond acceptors (Lipinski definition) is 2. The molecule has 0 aliphatic heterocycles. The molecule has 1 saturated carbocycles. The molecule has 1 aliphatic carbocycles. The molecule has 1 fully saturated rings. The standard InChI is InChI=1S/C16H25FN2/c1-4-19-15(12-9-13(17)11-18-10-12)14-7-5-6-8-16(14,2)3/h9-11,14-15,19H,4-8H2,1-3H3. The van der Waals surface area contributed by atoms with E-state index >= 15 is 0 Å². The van der Waals surface area contributed by atoms with Crippen molar-refractivity contribution in [1.82, 2.24) is 10.3 Å². The van der Waals surface area contributed by atoms with E-state index in [1.54, 1.807) is 12.3 Å². The van der Waals surface area contributed by atoms with E-state index in [9.17, 15) is 4.39 Å². The topological polar surface area (TPSA) is 24.9 Å². The third-order valence-electron chi connectivity index (χ3n) is 4.50. The summed E-state index contributed by atoms with van der Waals surface area (Å²) in [5.74, 6) is 0.304. The van der Waals surface area contributed by atoms with Gasteiger partial charge in [0.25, 0.3) is 0 Å². The van der Waals surface area contributed by atoms with Crippen LogP contribution in [0.3, 0.4) is 0 Å². The zero-order valence-electron chi connectivity index (χ0n) is 12.2. The van der Waals surface area contributed by atoms with Crippen LogP contribution in [0.2, 0.25) is 0 Å². The molecule has 106 valence electrons. The largest absolute Gasteiger partial charge is 0.310 e. The summed E-state index contributed by atoms with van der Waals surface area (Å²) in [6.45, 7) is 7.69. The maximum Gasteiger partial charge on any atom is 0.141 e. The first-order chi connectivity index (χ1) is 9.04. The van der Waals surface area contributed by atoms with E-state index in [4.69, 9.17) is 0 Å². The van der Waals surface area contributed by atoms with Gasteiger partial charge < -0.3 is 5.32 Å². The van der Waals surface area contributed by atoms with E-state index in [1.165, 1.54) is 31.9 Å². The Morgan fingerprint density at radius 1 is 1.42 bits per heavy atom. The Bertz CT molecular complexity index is 417. The number of pyridine rings is 1. The molecule has 1 heterocycles. The lowest BCUT2D eigenvalue weighted by molar-refractivity contribution is 0.0986. The molecule has 0 bridgehead atoms. The van der Waals surface area contributed by atoms with Crippen molar-refractivity contribution < 1.29 is 4.39 Å². The van der Waals surface area contributed by atoms with Crippen LogP contribution >= 0.6 is 0 Å². The number of nitrogens with zero attached hydrogens (tertiary/aromatic N) is 1. The van der Waals surface area contributed by atoms with Gasteiger partial charge in [0.15, 0.2) is 0 Å². The van der Waals surface area contributed by atoms with E-state index in [2.05, 4.69) is 31.1 Å². The highest BCUT2D eigenvalue weighted by Gasteiger charge is 2.37. The van der Waals surface area contributed by atoms with Crippen LogP contribution in [-0.2, 0) is 0 Å². The van der Waals surface area contributed by atoms with Crippen molar-refractivity contribution in [2.24, 2.45) is 11.3 Å². The summed E-state index contributed by atoms with van der Waals surface area (Å²) in [6.07, 6.45) is 8.13. The van der Waals surface area contributed by atoms with E-state index in [0.29, 0.717) is 11.3 Å². The second-order valence-corrected chi connectivity index (χ2v) is 6.31. The van der Waals surface area contributed by atoms with Crippen LogP contribution in [0.25, 0.3) is 0 Å². The number of rotatable bonds is 4. The van der Waals surface area contributed by atoms with Crippen LogP contribution in [0.1, 0.15) is 58.1 Å². The summed E-state index contributed by atoms with van der Waals surface area (Å²) in [4.78, 5) is 4.01. The highest BCUT2D eigenvalue weighted by atomic mass is 19.1. The van der Waals surface area contributed by atoms with Gasteiger partial charge in [0.05, 0.1) is 6.20 Å². The third kappa shape index (κ3) is 3.33. The fraction of sp³-hybridized carbons (Fsp3) is 0.688. The van der Waals surface area contributed by atoms with Crippen LogP contribution in [0, 0.1) is 17.2 Å². The van der Waals surface area contributed by atoms with Crippen molar-refractivity contribution in [3.05, 3.63) is 29.8 Å². The molecule has 3 heteroatoms. The first-order valence-electron chi connectivity index (χ1n) is 7.38. The summed E-state index contributed by atoms with van der Waals surface area (Å²) in [7, 11) is 0. The quantitative estimate of drug-likeness (QED) is 0.886. The third-order valence-corrected chi connectivity index (χ3v) is 4.50. The second kappa shape index (κ2) is 6.00. The van der Waals surface area contributed by atoms with Gasteiger partial charge in [-0.05, 0) is 42.3 Å². The van der Waals surface area contributed by atoms with Gasteiger partial charge in [0, 0.05) is 12.2 Å². The van der Waals surface area contributed by atoms with Crippen LogP contribution in [0.15, 0.2) is 18.5 Å². The number of aromatic nitrogens is 1. The van der Waals surface area contributed by atoms with Crippen molar-refractivity contribution in [3.63, 3.8) is 0 Å². The smallest absolute Gasteiger partial charge is 0.141 e. The molecule has 1 N–H and O–H groups in total. The Morgan fingerprint density at radius 3 is 2.84 bits per heavy atom. The molecule has 2 atom stereocenters. The van der Waals surface area contributed by atoms with Crippen molar-refractivity contribution >= 4 is 0 Å². The zero-order chi connectivity index (χ0) is 13.9. The molecule has 2 rings (SSSR count). The molecule has 0 amide bonds. The van der Waals surface area contributed by atoms with Crippen molar-refractivity contribution in [2.75, 3.05) is 6.54 Å². The van der Waals surface area contributed by atoms with Crippen molar-refractivity contribution in [2.45, 2.75) is 52.5 Å². The highest BCUT2D eigenvalue weighted by molar-refractivity contribution is 5.17. The van der Waals surface area contributed by atoms with E-state index in [-0.39, 0.29) is 11.9 Å². The molecule has 2 unspecified atom stereocenters. The maximum atomic E-state index is 13.4. The first-order valence-corrected chi connectivity index (χ1v) is 7.38. The number of halogens is 1. The lowest BCUT2D eigenvalue weighted by Gasteiger charge is -2.43. The molecule has 0 spiro atoms. The Balaban J connectivity index is 2.28. The van der Waals surface area contributed by atoms with Gasteiger partial charge in [0.1, 0.15) is 5.82 Å². The van der Waals surface area contributed by atoms with Gasteiger partial charge in [-0.15, -0.1) is 0 Å². The van der Waals surface area contributed by atoms with Gasteiger partial charge in [-0.2, -0.15) is 0 Å². The van der Waals surface area contributed by atoms with Crippen LogP contribution in [-0.4, -0.2) is 11.5 Å². The van der Waals surface area contributed by atoms with Gasteiger partial charge in [-0.25, -0.2) is 4.39 Å². The average Bonchev–Trinajstić information content (AvgIpc) is 2.36. The fourth-order valence-electron chi connectivity index (χ4n) is 3.45. The predicted octanol–water partition coefficient (Wildman–Crippen LogP) is 4.09. The Morgan fingerprint density at radius 2 is 2.21 bits per heavy atom. The molecule has 0 radical (unpaired) electrons. The molecular weight excluding hydrogens is 239 g/mol. The molecule has 2 nitrogen and oxygen atoms in total. The molecule has 1 aromatic heterocycles. The van der Waals surface area contributed by atoms with E-state index < -0.39 is 0 Å². The lowest BCUT2D eigenvalue weighted by atomic mass is 9.65. The Hall–Kier alpha value is -0.960. The second-order valence-electron chi connectivity index (χ2n) is 6.31. The fourth-order valence-corrected chi connectivity index (χ4v) is 3.45. The summed E-state index contributed by atoms with van der Waals surface area (Å²) >= 11 is 0. The number of hydrogen-bond donors (Lipinski definition) is 1. The number of nitrogens with one attached hydrogen (secondary N) is 1. The van der Waals surface area contributed by atoms with Gasteiger partial charge in [-0.1, -0.05) is 33.6 Å². The minimum atomic E-state index is -0.242. The normalized spacial score (nSPS) is 24.1. The van der Waals surface area contributed by atoms with E-state index in [0.717, 1.165) is 12.1 Å². The zero-order valence-corrected chi connectivity index (χ0v) is 12.2. The molecule has 1 aromatic rings. The minimum Gasteiger partial charge on any atom is -0.310 e. The summed E-state index contributed by atoms with van der Waals surface area (Å²) in [5, 5.41) is 3.54. The molecule has 1 aliphatic rings. The molecule has 0 aromatic carbocycles. The van der Waals surface area contributed by atoms with Gasteiger partial charge >= 0.3 is 0 Å². The van der Waals surface area contributed by atoms with Crippen LogP contribution in [0.4, 0.5) is 4.39 Å². The molecule has 0 saturated heterocycles. The van der Waals surface area contributed by atoms with Gasteiger partial charge in [-0.3, -0.25) is 4.98 Å². The van der Waals surface area contributed by atoms with Gasteiger partial charge in [0.2, 0.25) is 0 Å². The maximum absolute atomic E-state index is 13.4. The predicted molar refractivity (Wildman–Crippen MR) is 76.4 cm³/mol. The van der Waals surface area contributed by atoms with Crippen molar-refractivity contribution in [1.29, 1.82) is 0 Å². The highest BCUT2D eigenvalue weighted by Crippen LogP contribution is 2.46. The molecular formula is C16H25FN2. The summed E-state index contributed by atoms with van der Waals surface area (Å²) in [6, 6.07) is 1.84. The Labute approximate surface area is 115 Å². The molecule has 19 heavy (non-hydrogen) atoms. The van der Waals surface area contributed by atoms with Crippen LogP contribution < -0.4 is 5.32 Å². The summed E-state index contributed by atoms with van der Waals surface area (Å²) in [5.41, 5.74) is 1.29. The van der Waals surface area contributed by atoms with Crippen LogP contribution in [0.5, 0.6) is 0 Å².